The number of halogens is 1. The van der Waals surface area contributed by atoms with Gasteiger partial charge in [0.05, 0.1) is 16.6 Å². The van der Waals surface area contributed by atoms with Crippen LogP contribution in [0.3, 0.4) is 0 Å². The smallest absolute Gasteiger partial charge is 0.243 e. The fraction of sp³-hybridized carbons (Fsp3) is 0.550. The molecular weight excluding hydrogens is 398 g/mol. The zero-order valence-corrected chi connectivity index (χ0v) is 18.0. The van der Waals surface area contributed by atoms with E-state index in [1.807, 2.05) is 4.90 Å². The standard InChI is InChI=1S/C20H28ClN3O3S/c1-4-10-24-19(25)18(13-15(2)3)22-20(24)8-11-23(12-9-20)28(26,27)17-7-5-6-16(21)14-17/h4-7,14-15,18,22H,1,8-13H2,2-3H3/t18-/m0/s1. The molecule has 2 aliphatic rings. The van der Waals surface area contributed by atoms with Crippen LogP contribution in [0.1, 0.15) is 33.1 Å². The molecule has 8 heteroatoms. The SMILES string of the molecule is C=CCN1C(=O)[C@H](CC(C)C)NC12CCN(S(=O)(=O)c1cccc(Cl)c1)CC2. The van der Waals surface area contributed by atoms with E-state index >= 15 is 0 Å². The first kappa shape index (κ1) is 21.3. The number of hydrogen-bond donors (Lipinski definition) is 1. The molecule has 1 N–H and O–H groups in total. The Bertz CT molecular complexity index is 848. The summed E-state index contributed by atoms with van der Waals surface area (Å²) in [7, 11) is -3.61. The molecule has 1 amide bonds. The number of hydrogen-bond acceptors (Lipinski definition) is 4. The minimum atomic E-state index is -3.61. The van der Waals surface area contributed by atoms with Crippen molar-refractivity contribution < 1.29 is 13.2 Å². The summed E-state index contributed by atoms with van der Waals surface area (Å²) >= 11 is 5.97. The molecule has 1 aromatic carbocycles. The maximum Gasteiger partial charge on any atom is 0.243 e. The van der Waals surface area contributed by atoms with Crippen molar-refractivity contribution in [2.24, 2.45) is 5.92 Å². The van der Waals surface area contributed by atoms with Crippen LogP contribution in [0.5, 0.6) is 0 Å². The van der Waals surface area contributed by atoms with Gasteiger partial charge in [-0.1, -0.05) is 37.6 Å². The minimum absolute atomic E-state index is 0.0831. The van der Waals surface area contributed by atoms with Crippen molar-refractivity contribution in [1.82, 2.24) is 14.5 Å². The average molecular weight is 426 g/mol. The topological polar surface area (TPSA) is 69.7 Å². The number of nitrogens with zero attached hydrogens (tertiary/aromatic N) is 2. The third kappa shape index (κ3) is 3.99. The number of benzene rings is 1. The first-order valence-electron chi connectivity index (χ1n) is 9.65. The molecule has 0 bridgehead atoms. The highest BCUT2D eigenvalue weighted by Gasteiger charge is 2.51. The van der Waals surface area contributed by atoms with Gasteiger partial charge >= 0.3 is 0 Å². The summed E-state index contributed by atoms with van der Waals surface area (Å²) in [5.41, 5.74) is -0.509. The summed E-state index contributed by atoms with van der Waals surface area (Å²) in [5, 5.41) is 3.92. The van der Waals surface area contributed by atoms with Gasteiger partial charge in [-0.05, 0) is 43.4 Å². The van der Waals surface area contributed by atoms with Crippen LogP contribution in [0.25, 0.3) is 0 Å². The summed E-state index contributed by atoms with van der Waals surface area (Å²) in [4.78, 5) is 15.0. The minimum Gasteiger partial charge on any atom is -0.319 e. The number of rotatable bonds is 6. The molecule has 0 saturated carbocycles. The zero-order chi connectivity index (χ0) is 20.5. The Morgan fingerprint density at radius 1 is 1.36 bits per heavy atom. The van der Waals surface area contributed by atoms with Crippen LogP contribution in [-0.2, 0) is 14.8 Å². The molecule has 154 valence electrons. The van der Waals surface area contributed by atoms with Gasteiger partial charge in [0.2, 0.25) is 15.9 Å². The molecule has 0 unspecified atom stereocenters. The van der Waals surface area contributed by atoms with Crippen LogP contribution in [0.4, 0.5) is 0 Å². The molecule has 3 rings (SSSR count). The van der Waals surface area contributed by atoms with Crippen LogP contribution in [0, 0.1) is 5.92 Å². The fourth-order valence-corrected chi connectivity index (χ4v) is 5.92. The summed E-state index contributed by atoms with van der Waals surface area (Å²) < 4.78 is 27.4. The van der Waals surface area contributed by atoms with Gasteiger partial charge in [-0.3, -0.25) is 10.1 Å². The van der Waals surface area contributed by atoms with Crippen molar-refractivity contribution in [2.75, 3.05) is 19.6 Å². The molecule has 2 aliphatic heterocycles. The number of carbonyl (C=O) groups is 1. The van der Waals surface area contributed by atoms with E-state index in [0.717, 1.165) is 6.42 Å². The number of sulfonamides is 1. The molecule has 2 saturated heterocycles. The Balaban J connectivity index is 1.79. The maximum atomic E-state index is 13.0. The molecule has 6 nitrogen and oxygen atoms in total. The van der Waals surface area contributed by atoms with E-state index in [9.17, 15) is 13.2 Å². The fourth-order valence-electron chi connectivity index (χ4n) is 4.18. The van der Waals surface area contributed by atoms with E-state index in [4.69, 9.17) is 11.6 Å². The van der Waals surface area contributed by atoms with Crippen molar-refractivity contribution >= 4 is 27.5 Å². The van der Waals surface area contributed by atoms with Crippen molar-refractivity contribution in [3.8, 4) is 0 Å². The van der Waals surface area contributed by atoms with Crippen LogP contribution >= 0.6 is 11.6 Å². The Morgan fingerprint density at radius 3 is 2.61 bits per heavy atom. The molecule has 0 aliphatic carbocycles. The van der Waals surface area contributed by atoms with Gasteiger partial charge in [-0.25, -0.2) is 8.42 Å². The number of nitrogens with one attached hydrogen (secondary N) is 1. The first-order chi connectivity index (χ1) is 13.2. The maximum absolute atomic E-state index is 13.0. The van der Waals surface area contributed by atoms with Crippen LogP contribution in [0.15, 0.2) is 41.8 Å². The Morgan fingerprint density at radius 2 is 2.04 bits per heavy atom. The van der Waals surface area contributed by atoms with Gasteiger partial charge in [-0.15, -0.1) is 6.58 Å². The molecule has 1 aromatic rings. The Hall–Kier alpha value is -1.41. The van der Waals surface area contributed by atoms with Crippen LogP contribution in [-0.4, -0.2) is 54.9 Å². The second-order valence-electron chi connectivity index (χ2n) is 7.96. The number of piperidine rings is 1. The molecule has 2 fully saturated rings. The van der Waals surface area contributed by atoms with Crippen LogP contribution < -0.4 is 5.32 Å². The van der Waals surface area contributed by atoms with Gasteiger partial charge in [0.1, 0.15) is 0 Å². The summed E-state index contributed by atoms with van der Waals surface area (Å²) in [6.07, 6.45) is 3.58. The summed E-state index contributed by atoms with van der Waals surface area (Å²) in [6, 6.07) is 6.10. The lowest BCUT2D eigenvalue weighted by molar-refractivity contribution is -0.132. The highest BCUT2D eigenvalue weighted by molar-refractivity contribution is 7.89. The molecule has 2 heterocycles. The van der Waals surface area contributed by atoms with E-state index in [-0.39, 0.29) is 16.8 Å². The van der Waals surface area contributed by atoms with Crippen molar-refractivity contribution in [1.29, 1.82) is 0 Å². The molecule has 0 aromatic heterocycles. The van der Waals surface area contributed by atoms with Gasteiger partial charge in [0, 0.05) is 24.7 Å². The number of carbonyl (C=O) groups excluding carboxylic acids is 1. The average Bonchev–Trinajstić information content (AvgIpc) is 2.87. The Labute approximate surface area is 172 Å². The second kappa shape index (κ2) is 8.14. The normalized spacial score (nSPS) is 22.9. The molecule has 1 atom stereocenters. The lowest BCUT2D eigenvalue weighted by Gasteiger charge is -2.44. The molecule has 1 spiro atoms. The van der Waals surface area contributed by atoms with Crippen LogP contribution in [0.2, 0.25) is 5.02 Å². The monoisotopic (exact) mass is 425 g/mol. The Kier molecular flexibility index (Phi) is 6.20. The first-order valence-corrected chi connectivity index (χ1v) is 11.5. The lowest BCUT2D eigenvalue weighted by Crippen LogP contribution is -2.59. The van der Waals surface area contributed by atoms with Crippen molar-refractivity contribution in [3.05, 3.63) is 41.9 Å². The zero-order valence-electron chi connectivity index (χ0n) is 16.4. The van der Waals surface area contributed by atoms with Gasteiger partial charge in [-0.2, -0.15) is 4.31 Å². The molecule has 0 radical (unpaired) electrons. The van der Waals surface area contributed by atoms with E-state index in [0.29, 0.717) is 43.4 Å². The number of amides is 1. The largest absolute Gasteiger partial charge is 0.319 e. The predicted molar refractivity (Wildman–Crippen MR) is 110 cm³/mol. The van der Waals surface area contributed by atoms with E-state index in [1.165, 1.54) is 10.4 Å². The van der Waals surface area contributed by atoms with Crippen molar-refractivity contribution in [2.45, 2.75) is 49.7 Å². The highest BCUT2D eigenvalue weighted by atomic mass is 35.5. The summed E-state index contributed by atoms with van der Waals surface area (Å²) in [5.74, 6) is 0.477. The lowest BCUT2D eigenvalue weighted by atomic mass is 9.97. The quantitative estimate of drug-likeness (QED) is 0.711. The predicted octanol–water partition coefficient (Wildman–Crippen LogP) is 2.85. The highest BCUT2D eigenvalue weighted by Crippen LogP contribution is 2.35. The van der Waals surface area contributed by atoms with Gasteiger partial charge in [0.15, 0.2) is 0 Å². The third-order valence-corrected chi connectivity index (χ3v) is 7.66. The van der Waals surface area contributed by atoms with E-state index in [1.54, 1.807) is 24.3 Å². The van der Waals surface area contributed by atoms with Crippen molar-refractivity contribution in [3.63, 3.8) is 0 Å². The molecular formula is C20H28ClN3O3S. The van der Waals surface area contributed by atoms with Gasteiger partial charge in [0.25, 0.3) is 0 Å². The third-order valence-electron chi connectivity index (χ3n) is 5.53. The van der Waals surface area contributed by atoms with E-state index < -0.39 is 15.7 Å². The summed E-state index contributed by atoms with van der Waals surface area (Å²) in [6.45, 7) is 9.12. The second-order valence-corrected chi connectivity index (χ2v) is 10.3. The van der Waals surface area contributed by atoms with E-state index in [2.05, 4.69) is 25.7 Å². The molecule has 28 heavy (non-hydrogen) atoms. The van der Waals surface area contributed by atoms with Gasteiger partial charge < -0.3 is 4.90 Å².